The van der Waals surface area contributed by atoms with Crippen molar-refractivity contribution in [3.8, 4) is 0 Å². The van der Waals surface area contributed by atoms with Crippen LogP contribution >= 0.6 is 11.6 Å². The molecule has 1 aliphatic heterocycles. The van der Waals surface area contributed by atoms with Gasteiger partial charge in [-0.2, -0.15) is 0 Å². The van der Waals surface area contributed by atoms with E-state index < -0.39 is 0 Å². The maximum absolute atomic E-state index is 12.5. The average molecular weight is 349 g/mol. The summed E-state index contributed by atoms with van der Waals surface area (Å²) in [5.74, 6) is 0.916. The molecule has 0 radical (unpaired) electrons. The van der Waals surface area contributed by atoms with Crippen LogP contribution in [0.25, 0.3) is 0 Å². The molecule has 0 bridgehead atoms. The maximum atomic E-state index is 12.5. The number of hydrogen-bond donors (Lipinski definition) is 0. The fourth-order valence-electron chi connectivity index (χ4n) is 2.97. The second-order valence-electron chi connectivity index (χ2n) is 6.11. The number of hydrogen-bond acceptors (Lipinski definition) is 5. The average Bonchev–Trinajstić information content (AvgIpc) is 2.95. The van der Waals surface area contributed by atoms with E-state index in [0.29, 0.717) is 18.1 Å². The zero-order valence-corrected chi connectivity index (χ0v) is 14.6. The predicted octanol–water partition coefficient (Wildman–Crippen LogP) is 1.76. The molecule has 2 heterocycles. The molecule has 3 rings (SSSR count). The normalized spacial score (nSPS) is 19.0. The van der Waals surface area contributed by atoms with Crippen molar-refractivity contribution in [3.63, 3.8) is 0 Å². The quantitative estimate of drug-likeness (QED) is 0.823. The number of benzene rings is 1. The molecule has 1 amide bonds. The molecule has 8 heteroatoms. The van der Waals surface area contributed by atoms with E-state index in [9.17, 15) is 4.79 Å². The van der Waals surface area contributed by atoms with Crippen molar-refractivity contribution < 1.29 is 4.79 Å². The highest BCUT2D eigenvalue weighted by Gasteiger charge is 2.30. The number of amides is 1. The number of aromatic nitrogens is 4. The third kappa shape index (κ3) is 3.73. The molecule has 24 heavy (non-hydrogen) atoms. The first-order valence-corrected chi connectivity index (χ1v) is 8.45. The fraction of sp³-hybridized carbons (Fsp3) is 0.500. The molecule has 1 saturated heterocycles. The minimum atomic E-state index is 0.106. The Hall–Kier alpha value is -1.99. The Morgan fingerprint density at radius 2 is 2.17 bits per heavy atom. The van der Waals surface area contributed by atoms with Gasteiger partial charge in [0.15, 0.2) is 0 Å². The first-order valence-electron chi connectivity index (χ1n) is 8.07. The van der Waals surface area contributed by atoms with Gasteiger partial charge in [0.05, 0.1) is 6.54 Å². The van der Waals surface area contributed by atoms with Gasteiger partial charge in [0.25, 0.3) is 0 Å². The SMILES string of the molecule is Cc1nnnn1CCCN1CC(=O)N(c2cccc(Cl)c2)CC1C. The van der Waals surface area contributed by atoms with E-state index in [1.807, 2.05) is 36.1 Å². The predicted molar refractivity (Wildman–Crippen MR) is 92.0 cm³/mol. The van der Waals surface area contributed by atoms with Gasteiger partial charge >= 0.3 is 0 Å². The number of carbonyl (C=O) groups is 1. The van der Waals surface area contributed by atoms with Crippen molar-refractivity contribution in [1.82, 2.24) is 25.1 Å². The summed E-state index contributed by atoms with van der Waals surface area (Å²) in [6.45, 7) is 6.72. The van der Waals surface area contributed by atoms with E-state index in [2.05, 4.69) is 27.3 Å². The van der Waals surface area contributed by atoms with Crippen LogP contribution < -0.4 is 4.90 Å². The molecule has 1 aliphatic rings. The van der Waals surface area contributed by atoms with E-state index in [0.717, 1.165) is 31.0 Å². The van der Waals surface area contributed by atoms with Crippen LogP contribution in [0, 0.1) is 6.92 Å². The van der Waals surface area contributed by atoms with Crippen molar-refractivity contribution in [1.29, 1.82) is 0 Å². The number of piperazine rings is 1. The molecule has 7 nitrogen and oxygen atoms in total. The van der Waals surface area contributed by atoms with E-state index in [1.165, 1.54) is 0 Å². The van der Waals surface area contributed by atoms with Crippen LogP contribution in [-0.2, 0) is 11.3 Å². The lowest BCUT2D eigenvalue weighted by Crippen LogP contribution is -2.55. The van der Waals surface area contributed by atoms with Crippen LogP contribution in [0.3, 0.4) is 0 Å². The number of carbonyl (C=O) groups excluding carboxylic acids is 1. The third-order valence-corrected chi connectivity index (χ3v) is 4.59. The van der Waals surface area contributed by atoms with Gasteiger partial charge in [0.1, 0.15) is 5.82 Å². The van der Waals surface area contributed by atoms with Gasteiger partial charge in [0, 0.05) is 36.4 Å². The van der Waals surface area contributed by atoms with E-state index in [-0.39, 0.29) is 11.9 Å². The molecule has 128 valence electrons. The summed E-state index contributed by atoms with van der Waals surface area (Å²) in [7, 11) is 0. The minimum Gasteiger partial charge on any atom is -0.310 e. The fourth-order valence-corrected chi connectivity index (χ4v) is 3.15. The first kappa shape index (κ1) is 16.9. The third-order valence-electron chi connectivity index (χ3n) is 4.36. The Morgan fingerprint density at radius 1 is 1.33 bits per heavy atom. The summed E-state index contributed by atoms with van der Waals surface area (Å²) >= 11 is 6.04. The van der Waals surface area contributed by atoms with Crippen molar-refractivity contribution in [2.75, 3.05) is 24.5 Å². The molecule has 1 fully saturated rings. The highest BCUT2D eigenvalue weighted by atomic mass is 35.5. The van der Waals surface area contributed by atoms with Crippen LogP contribution in [0.15, 0.2) is 24.3 Å². The first-order chi connectivity index (χ1) is 11.5. The van der Waals surface area contributed by atoms with Crippen molar-refractivity contribution in [3.05, 3.63) is 35.1 Å². The van der Waals surface area contributed by atoms with Gasteiger partial charge in [-0.05, 0) is 48.9 Å². The Bertz CT molecular complexity index is 718. The van der Waals surface area contributed by atoms with Crippen LogP contribution in [0.2, 0.25) is 5.02 Å². The summed E-state index contributed by atoms with van der Waals surface area (Å²) in [5.41, 5.74) is 0.864. The van der Waals surface area contributed by atoms with Crippen molar-refractivity contribution >= 4 is 23.2 Å². The summed E-state index contributed by atoms with van der Waals surface area (Å²) < 4.78 is 1.79. The van der Waals surface area contributed by atoms with Gasteiger partial charge in [-0.15, -0.1) is 5.10 Å². The summed E-state index contributed by atoms with van der Waals surface area (Å²) in [4.78, 5) is 16.5. The van der Waals surface area contributed by atoms with Crippen LogP contribution in [0.5, 0.6) is 0 Å². The summed E-state index contributed by atoms with van der Waals surface area (Å²) in [5, 5.41) is 12.1. The smallest absolute Gasteiger partial charge is 0.241 e. The molecule has 1 unspecified atom stereocenters. The number of anilines is 1. The Labute approximate surface area is 146 Å². The summed E-state index contributed by atoms with van der Waals surface area (Å²) in [6.07, 6.45) is 0.903. The molecule has 1 aromatic carbocycles. The molecule has 1 aromatic heterocycles. The number of halogens is 1. The standard InChI is InChI=1S/C16H21ClN6O/c1-12-10-22(15-6-3-5-14(17)9-15)16(24)11-21(12)7-4-8-23-13(2)18-19-20-23/h3,5-6,9,12H,4,7-8,10-11H2,1-2H3. The second kappa shape index (κ2) is 7.27. The Morgan fingerprint density at radius 3 is 2.88 bits per heavy atom. The lowest BCUT2D eigenvalue weighted by atomic mass is 10.1. The monoisotopic (exact) mass is 348 g/mol. The molecule has 0 spiro atoms. The largest absolute Gasteiger partial charge is 0.310 e. The number of nitrogens with zero attached hydrogens (tertiary/aromatic N) is 6. The van der Waals surface area contributed by atoms with Crippen molar-refractivity contribution in [2.45, 2.75) is 32.9 Å². The number of tetrazole rings is 1. The van der Waals surface area contributed by atoms with Gasteiger partial charge in [-0.3, -0.25) is 9.69 Å². The molecule has 1 atom stereocenters. The Kier molecular flexibility index (Phi) is 5.11. The van der Waals surface area contributed by atoms with Gasteiger partial charge in [-0.25, -0.2) is 4.68 Å². The van der Waals surface area contributed by atoms with E-state index in [4.69, 9.17) is 11.6 Å². The molecule has 0 N–H and O–H groups in total. The second-order valence-corrected chi connectivity index (χ2v) is 6.54. The molecule has 2 aromatic rings. The van der Waals surface area contributed by atoms with Crippen molar-refractivity contribution in [2.24, 2.45) is 0 Å². The van der Waals surface area contributed by atoms with E-state index >= 15 is 0 Å². The number of aryl methyl sites for hydroxylation is 2. The minimum absolute atomic E-state index is 0.106. The van der Waals surface area contributed by atoms with E-state index in [1.54, 1.807) is 4.68 Å². The Balaban J connectivity index is 1.57. The lowest BCUT2D eigenvalue weighted by Gasteiger charge is -2.39. The lowest BCUT2D eigenvalue weighted by molar-refractivity contribution is -0.122. The summed E-state index contributed by atoms with van der Waals surface area (Å²) in [6, 6.07) is 7.73. The van der Waals surface area contributed by atoms with Gasteiger partial charge in [-0.1, -0.05) is 17.7 Å². The molecule has 0 saturated carbocycles. The maximum Gasteiger partial charge on any atom is 0.241 e. The number of rotatable bonds is 5. The molecular formula is C16H21ClN6O. The van der Waals surface area contributed by atoms with Gasteiger partial charge in [0.2, 0.25) is 5.91 Å². The highest BCUT2D eigenvalue weighted by Crippen LogP contribution is 2.23. The van der Waals surface area contributed by atoms with Crippen LogP contribution in [0.1, 0.15) is 19.2 Å². The van der Waals surface area contributed by atoms with Gasteiger partial charge < -0.3 is 4.90 Å². The van der Waals surface area contributed by atoms with Crippen LogP contribution in [-0.4, -0.2) is 56.7 Å². The molecule has 0 aliphatic carbocycles. The van der Waals surface area contributed by atoms with Crippen LogP contribution in [0.4, 0.5) is 5.69 Å². The zero-order valence-electron chi connectivity index (χ0n) is 13.9. The topological polar surface area (TPSA) is 67.2 Å². The highest BCUT2D eigenvalue weighted by molar-refractivity contribution is 6.30. The zero-order chi connectivity index (χ0) is 17.1. The molecular weight excluding hydrogens is 328 g/mol.